The van der Waals surface area contributed by atoms with Gasteiger partial charge < -0.3 is 15.3 Å². The van der Waals surface area contributed by atoms with Crippen LogP contribution in [0.5, 0.6) is 0 Å². The summed E-state index contributed by atoms with van der Waals surface area (Å²) in [5, 5.41) is 13.5. The second-order valence-corrected chi connectivity index (χ2v) is 7.14. The SMILES string of the molecule is CC(C)NC1(CO)CCCC(N(C)C(C)C(C)C)C1. The first-order valence-electron chi connectivity index (χ1n) is 7.92. The summed E-state index contributed by atoms with van der Waals surface area (Å²) in [6.45, 7) is 11.5. The van der Waals surface area contributed by atoms with Gasteiger partial charge in [-0.15, -0.1) is 0 Å². The summed E-state index contributed by atoms with van der Waals surface area (Å²) in [5.74, 6) is 0.675. The molecule has 3 heteroatoms. The van der Waals surface area contributed by atoms with Gasteiger partial charge in [0.2, 0.25) is 0 Å². The average Bonchev–Trinajstić information content (AvgIpc) is 2.36. The molecule has 0 bridgehead atoms. The van der Waals surface area contributed by atoms with Crippen LogP contribution in [0, 0.1) is 5.92 Å². The number of hydrogen-bond donors (Lipinski definition) is 2. The molecule has 114 valence electrons. The van der Waals surface area contributed by atoms with Crippen molar-refractivity contribution in [2.75, 3.05) is 13.7 Å². The van der Waals surface area contributed by atoms with Gasteiger partial charge in [0, 0.05) is 23.7 Å². The van der Waals surface area contributed by atoms with Gasteiger partial charge in [0.25, 0.3) is 0 Å². The lowest BCUT2D eigenvalue weighted by Crippen LogP contribution is -2.58. The van der Waals surface area contributed by atoms with Gasteiger partial charge in [-0.3, -0.25) is 0 Å². The summed E-state index contributed by atoms with van der Waals surface area (Å²) >= 11 is 0. The summed E-state index contributed by atoms with van der Waals surface area (Å²) in [6.07, 6.45) is 4.63. The molecule has 0 aliphatic heterocycles. The molecule has 0 spiro atoms. The van der Waals surface area contributed by atoms with Crippen LogP contribution in [0.3, 0.4) is 0 Å². The van der Waals surface area contributed by atoms with Gasteiger partial charge in [0.15, 0.2) is 0 Å². The van der Waals surface area contributed by atoms with E-state index in [-0.39, 0.29) is 12.1 Å². The van der Waals surface area contributed by atoms with Crippen LogP contribution in [0.25, 0.3) is 0 Å². The summed E-state index contributed by atoms with van der Waals surface area (Å²) in [4.78, 5) is 2.52. The fraction of sp³-hybridized carbons (Fsp3) is 1.00. The first-order valence-corrected chi connectivity index (χ1v) is 7.92. The van der Waals surface area contributed by atoms with E-state index >= 15 is 0 Å². The first kappa shape index (κ1) is 16.9. The predicted molar refractivity (Wildman–Crippen MR) is 82.4 cm³/mol. The van der Waals surface area contributed by atoms with E-state index in [1.165, 1.54) is 12.8 Å². The topological polar surface area (TPSA) is 35.5 Å². The van der Waals surface area contributed by atoms with E-state index in [9.17, 15) is 5.11 Å². The number of nitrogens with one attached hydrogen (secondary N) is 1. The zero-order valence-electron chi connectivity index (χ0n) is 13.7. The van der Waals surface area contributed by atoms with Crippen LogP contribution in [-0.4, -0.2) is 47.3 Å². The lowest BCUT2D eigenvalue weighted by Gasteiger charge is -2.46. The molecule has 0 amide bonds. The minimum absolute atomic E-state index is 0.0674. The Morgan fingerprint density at radius 2 is 1.89 bits per heavy atom. The highest BCUT2D eigenvalue weighted by Gasteiger charge is 2.38. The molecule has 0 heterocycles. The van der Waals surface area contributed by atoms with Crippen molar-refractivity contribution >= 4 is 0 Å². The number of nitrogens with zero attached hydrogens (tertiary/aromatic N) is 1. The molecule has 3 atom stereocenters. The van der Waals surface area contributed by atoms with Crippen molar-refractivity contribution in [2.45, 2.75) is 84.0 Å². The molecule has 0 radical (unpaired) electrons. The normalized spacial score (nSPS) is 30.3. The molecule has 1 fully saturated rings. The summed E-state index contributed by atoms with van der Waals surface area (Å²) < 4.78 is 0. The van der Waals surface area contributed by atoms with Crippen LogP contribution < -0.4 is 5.32 Å². The Hall–Kier alpha value is -0.120. The van der Waals surface area contributed by atoms with E-state index in [1.54, 1.807) is 0 Å². The quantitative estimate of drug-likeness (QED) is 0.779. The third-order valence-electron chi connectivity index (χ3n) is 4.90. The van der Waals surface area contributed by atoms with E-state index in [0.717, 1.165) is 12.8 Å². The Morgan fingerprint density at radius 3 is 2.37 bits per heavy atom. The van der Waals surface area contributed by atoms with Crippen LogP contribution in [0.1, 0.15) is 60.3 Å². The number of aliphatic hydroxyl groups excluding tert-OH is 1. The maximum absolute atomic E-state index is 9.86. The van der Waals surface area contributed by atoms with E-state index in [4.69, 9.17) is 0 Å². The minimum Gasteiger partial charge on any atom is -0.394 e. The van der Waals surface area contributed by atoms with Gasteiger partial charge in [-0.1, -0.05) is 27.7 Å². The monoisotopic (exact) mass is 270 g/mol. The van der Waals surface area contributed by atoms with Gasteiger partial charge in [-0.2, -0.15) is 0 Å². The van der Waals surface area contributed by atoms with E-state index in [0.29, 0.717) is 24.0 Å². The highest BCUT2D eigenvalue weighted by atomic mass is 16.3. The van der Waals surface area contributed by atoms with Crippen molar-refractivity contribution in [3.63, 3.8) is 0 Å². The Balaban J connectivity index is 2.71. The second-order valence-electron chi connectivity index (χ2n) is 7.14. The third kappa shape index (κ3) is 4.44. The maximum Gasteiger partial charge on any atom is 0.0613 e. The fourth-order valence-corrected chi connectivity index (χ4v) is 3.41. The first-order chi connectivity index (χ1) is 8.81. The van der Waals surface area contributed by atoms with Gasteiger partial charge in [0.1, 0.15) is 0 Å². The highest BCUT2D eigenvalue weighted by Crippen LogP contribution is 2.32. The molecule has 1 rings (SSSR count). The van der Waals surface area contributed by atoms with E-state index < -0.39 is 0 Å². The van der Waals surface area contributed by atoms with Crippen LogP contribution in [0.4, 0.5) is 0 Å². The van der Waals surface area contributed by atoms with Gasteiger partial charge in [0.05, 0.1) is 6.61 Å². The average molecular weight is 270 g/mol. The molecule has 19 heavy (non-hydrogen) atoms. The molecule has 1 aliphatic carbocycles. The van der Waals surface area contributed by atoms with Crippen LogP contribution >= 0.6 is 0 Å². The zero-order valence-corrected chi connectivity index (χ0v) is 13.7. The predicted octanol–water partition coefficient (Wildman–Crippen LogP) is 2.63. The van der Waals surface area contributed by atoms with Gasteiger partial charge in [-0.25, -0.2) is 0 Å². The molecule has 0 saturated heterocycles. The van der Waals surface area contributed by atoms with Crippen molar-refractivity contribution < 1.29 is 5.11 Å². The molecule has 0 aromatic heterocycles. The smallest absolute Gasteiger partial charge is 0.0613 e. The minimum atomic E-state index is -0.0674. The zero-order chi connectivity index (χ0) is 14.6. The van der Waals surface area contributed by atoms with E-state index in [1.807, 2.05) is 0 Å². The third-order valence-corrected chi connectivity index (χ3v) is 4.90. The largest absolute Gasteiger partial charge is 0.394 e. The number of aliphatic hydroxyl groups is 1. The van der Waals surface area contributed by atoms with Crippen LogP contribution in [0.2, 0.25) is 0 Å². The Bertz CT molecular complexity index is 267. The van der Waals surface area contributed by atoms with Crippen molar-refractivity contribution in [2.24, 2.45) is 5.92 Å². The van der Waals surface area contributed by atoms with Crippen LogP contribution in [-0.2, 0) is 0 Å². The highest BCUT2D eigenvalue weighted by molar-refractivity contribution is 4.97. The lowest BCUT2D eigenvalue weighted by molar-refractivity contribution is 0.0423. The molecule has 0 aromatic carbocycles. The Labute approximate surface area is 119 Å². The summed E-state index contributed by atoms with van der Waals surface area (Å²) in [5.41, 5.74) is -0.0674. The van der Waals surface area contributed by atoms with Crippen molar-refractivity contribution in [1.29, 1.82) is 0 Å². The van der Waals surface area contributed by atoms with Gasteiger partial charge >= 0.3 is 0 Å². The molecule has 1 saturated carbocycles. The maximum atomic E-state index is 9.86. The Morgan fingerprint density at radius 1 is 1.26 bits per heavy atom. The molecule has 1 aliphatic rings. The van der Waals surface area contributed by atoms with Crippen molar-refractivity contribution in [1.82, 2.24) is 10.2 Å². The molecule has 0 aromatic rings. The second kappa shape index (κ2) is 7.05. The summed E-state index contributed by atoms with van der Waals surface area (Å²) in [7, 11) is 2.25. The Kier molecular flexibility index (Phi) is 6.28. The van der Waals surface area contributed by atoms with Gasteiger partial charge in [-0.05, 0) is 45.6 Å². The van der Waals surface area contributed by atoms with Crippen molar-refractivity contribution in [3.05, 3.63) is 0 Å². The van der Waals surface area contributed by atoms with Crippen molar-refractivity contribution in [3.8, 4) is 0 Å². The molecule has 3 unspecified atom stereocenters. The standard InChI is InChI=1S/C16H34N2O/c1-12(2)14(5)18(6)15-8-7-9-16(10-15,11-19)17-13(3)4/h12-15,17,19H,7-11H2,1-6H3. The molecule has 3 nitrogen and oxygen atoms in total. The fourth-order valence-electron chi connectivity index (χ4n) is 3.41. The van der Waals surface area contributed by atoms with E-state index in [2.05, 4.69) is 51.9 Å². The molecular weight excluding hydrogens is 236 g/mol. The lowest BCUT2D eigenvalue weighted by atomic mass is 9.78. The molecular formula is C16H34N2O. The molecule has 2 N–H and O–H groups in total. The number of hydrogen-bond acceptors (Lipinski definition) is 3. The number of rotatable bonds is 6. The van der Waals surface area contributed by atoms with Crippen LogP contribution in [0.15, 0.2) is 0 Å². The summed E-state index contributed by atoms with van der Waals surface area (Å²) in [6, 6.07) is 1.61.